The molecule has 0 fully saturated rings. The quantitative estimate of drug-likeness (QED) is 0.827. The molecule has 0 unspecified atom stereocenters. The Balaban J connectivity index is 1.90. The van der Waals surface area contributed by atoms with Crippen LogP contribution in [0.5, 0.6) is 0 Å². The van der Waals surface area contributed by atoms with Gasteiger partial charge in [-0.05, 0) is 49.5 Å². The van der Waals surface area contributed by atoms with Gasteiger partial charge in [-0.3, -0.25) is 9.89 Å². The number of fused-ring (bicyclic) bond motifs is 3. The van der Waals surface area contributed by atoms with Crippen molar-refractivity contribution >= 4 is 11.6 Å². The Kier molecular flexibility index (Phi) is 4.09. The van der Waals surface area contributed by atoms with Crippen LogP contribution in [-0.2, 0) is 24.1 Å². The molecular weight excluding hydrogens is 274 g/mol. The standard InChI is InChI=1S/C18H21N3O/c1-3-5-6-16-15-9-7-12-11-13(19-17(22)4-2)8-10-14(12)18(15)21-20-16/h4,8,10-11H,2-3,5-7,9H2,1H3,(H,19,22)(H,20,21). The number of hydrogen-bond donors (Lipinski definition) is 2. The van der Waals surface area contributed by atoms with Crippen LogP contribution in [0, 0.1) is 0 Å². The number of nitrogens with one attached hydrogen (secondary N) is 2. The molecule has 4 nitrogen and oxygen atoms in total. The zero-order valence-corrected chi connectivity index (χ0v) is 12.9. The van der Waals surface area contributed by atoms with E-state index in [1.807, 2.05) is 12.1 Å². The molecule has 114 valence electrons. The lowest BCUT2D eigenvalue weighted by molar-refractivity contribution is -0.111. The Hall–Kier alpha value is -2.36. The van der Waals surface area contributed by atoms with Crippen molar-refractivity contribution in [2.45, 2.75) is 39.0 Å². The summed E-state index contributed by atoms with van der Waals surface area (Å²) in [4.78, 5) is 11.4. The van der Waals surface area contributed by atoms with Gasteiger partial charge in [0.25, 0.3) is 0 Å². The summed E-state index contributed by atoms with van der Waals surface area (Å²) in [6.45, 7) is 5.68. The van der Waals surface area contributed by atoms with E-state index in [-0.39, 0.29) is 5.91 Å². The van der Waals surface area contributed by atoms with E-state index in [9.17, 15) is 4.79 Å². The van der Waals surface area contributed by atoms with Gasteiger partial charge in [-0.1, -0.05) is 26.0 Å². The highest BCUT2D eigenvalue weighted by atomic mass is 16.1. The largest absolute Gasteiger partial charge is 0.323 e. The lowest BCUT2D eigenvalue weighted by atomic mass is 9.88. The number of carbonyl (C=O) groups is 1. The van der Waals surface area contributed by atoms with Crippen LogP contribution >= 0.6 is 0 Å². The van der Waals surface area contributed by atoms with Crippen LogP contribution in [0.1, 0.15) is 36.6 Å². The normalized spacial score (nSPS) is 12.4. The maximum absolute atomic E-state index is 11.4. The van der Waals surface area contributed by atoms with E-state index in [0.29, 0.717) is 0 Å². The zero-order chi connectivity index (χ0) is 15.5. The number of amides is 1. The van der Waals surface area contributed by atoms with Crippen LogP contribution in [0.25, 0.3) is 11.3 Å². The first-order valence-electron chi connectivity index (χ1n) is 7.85. The Morgan fingerprint density at radius 1 is 1.45 bits per heavy atom. The zero-order valence-electron chi connectivity index (χ0n) is 12.9. The van der Waals surface area contributed by atoms with Gasteiger partial charge in [0.1, 0.15) is 0 Å². The highest BCUT2D eigenvalue weighted by Crippen LogP contribution is 2.35. The molecule has 4 heteroatoms. The van der Waals surface area contributed by atoms with Gasteiger partial charge in [-0.15, -0.1) is 0 Å². The summed E-state index contributed by atoms with van der Waals surface area (Å²) >= 11 is 0. The van der Waals surface area contributed by atoms with Crippen molar-refractivity contribution in [1.29, 1.82) is 0 Å². The second kappa shape index (κ2) is 6.18. The topological polar surface area (TPSA) is 57.8 Å². The third-order valence-corrected chi connectivity index (χ3v) is 4.19. The molecule has 1 aromatic heterocycles. The lowest BCUT2D eigenvalue weighted by Crippen LogP contribution is -2.09. The number of nitrogens with zero attached hydrogens (tertiary/aromatic N) is 1. The molecule has 0 atom stereocenters. The van der Waals surface area contributed by atoms with Gasteiger partial charge in [-0.2, -0.15) is 5.10 Å². The van der Waals surface area contributed by atoms with Gasteiger partial charge in [0.15, 0.2) is 0 Å². The van der Waals surface area contributed by atoms with Crippen LogP contribution in [0.4, 0.5) is 5.69 Å². The molecule has 0 saturated carbocycles. The summed E-state index contributed by atoms with van der Waals surface area (Å²) in [6, 6.07) is 6.02. The average molecular weight is 295 g/mol. The maximum atomic E-state index is 11.4. The molecule has 22 heavy (non-hydrogen) atoms. The highest BCUT2D eigenvalue weighted by molar-refractivity contribution is 5.99. The van der Waals surface area contributed by atoms with Crippen molar-refractivity contribution in [2.75, 3.05) is 5.32 Å². The molecule has 2 aromatic rings. The van der Waals surface area contributed by atoms with E-state index in [0.717, 1.165) is 30.6 Å². The van der Waals surface area contributed by atoms with E-state index in [2.05, 4.69) is 35.1 Å². The van der Waals surface area contributed by atoms with Crippen LogP contribution in [0.3, 0.4) is 0 Å². The lowest BCUT2D eigenvalue weighted by Gasteiger charge is -2.17. The number of anilines is 1. The molecule has 1 amide bonds. The summed E-state index contributed by atoms with van der Waals surface area (Å²) in [5, 5.41) is 10.6. The fraction of sp³-hybridized carbons (Fsp3) is 0.333. The summed E-state index contributed by atoms with van der Waals surface area (Å²) in [7, 11) is 0. The van der Waals surface area contributed by atoms with Crippen molar-refractivity contribution in [3.63, 3.8) is 0 Å². The first kappa shape index (κ1) is 14.6. The van der Waals surface area contributed by atoms with Crippen LogP contribution in [0.2, 0.25) is 0 Å². The van der Waals surface area contributed by atoms with Gasteiger partial charge in [0.05, 0.1) is 5.69 Å². The van der Waals surface area contributed by atoms with E-state index >= 15 is 0 Å². The molecule has 0 bridgehead atoms. The van der Waals surface area contributed by atoms with Gasteiger partial charge in [0.2, 0.25) is 5.91 Å². The SMILES string of the molecule is C=CC(=O)Nc1ccc2c(c1)CCc1c-2n[nH]c1CCCC. The van der Waals surface area contributed by atoms with E-state index in [1.54, 1.807) is 0 Å². The molecule has 1 aliphatic carbocycles. The molecule has 3 rings (SSSR count). The number of hydrogen-bond acceptors (Lipinski definition) is 2. The average Bonchev–Trinajstić information content (AvgIpc) is 2.95. The number of unbranched alkanes of at least 4 members (excludes halogenated alkanes) is 1. The number of rotatable bonds is 5. The molecule has 1 heterocycles. The van der Waals surface area contributed by atoms with E-state index in [1.165, 1.54) is 41.3 Å². The second-order valence-electron chi connectivity index (χ2n) is 5.70. The summed E-state index contributed by atoms with van der Waals surface area (Å²) in [6.07, 6.45) is 6.73. The first-order valence-corrected chi connectivity index (χ1v) is 7.85. The molecule has 2 N–H and O–H groups in total. The van der Waals surface area contributed by atoms with Gasteiger partial charge >= 0.3 is 0 Å². The molecule has 1 aliphatic rings. The number of aryl methyl sites for hydroxylation is 2. The van der Waals surface area contributed by atoms with Gasteiger partial charge in [-0.25, -0.2) is 0 Å². The number of aromatic amines is 1. The first-order chi connectivity index (χ1) is 10.7. The Labute approximate surface area is 130 Å². The fourth-order valence-electron chi connectivity index (χ4n) is 3.02. The molecule has 1 aromatic carbocycles. The summed E-state index contributed by atoms with van der Waals surface area (Å²) in [5.74, 6) is -0.182. The summed E-state index contributed by atoms with van der Waals surface area (Å²) < 4.78 is 0. The van der Waals surface area contributed by atoms with Crippen LogP contribution < -0.4 is 5.32 Å². The van der Waals surface area contributed by atoms with Crippen LogP contribution in [0.15, 0.2) is 30.9 Å². The minimum absolute atomic E-state index is 0.182. The van der Waals surface area contributed by atoms with Gasteiger partial charge < -0.3 is 5.32 Å². The van der Waals surface area contributed by atoms with Crippen molar-refractivity contribution in [3.8, 4) is 11.3 Å². The van der Waals surface area contributed by atoms with Gasteiger partial charge in [0, 0.05) is 22.5 Å². The van der Waals surface area contributed by atoms with Crippen LogP contribution in [-0.4, -0.2) is 16.1 Å². The number of carbonyl (C=O) groups excluding carboxylic acids is 1. The fourth-order valence-corrected chi connectivity index (χ4v) is 3.02. The number of H-pyrrole nitrogens is 1. The highest BCUT2D eigenvalue weighted by Gasteiger charge is 2.22. The van der Waals surface area contributed by atoms with Crippen molar-refractivity contribution in [2.24, 2.45) is 0 Å². The molecule has 0 aliphatic heterocycles. The van der Waals surface area contributed by atoms with Crippen molar-refractivity contribution in [1.82, 2.24) is 10.2 Å². The molecular formula is C18H21N3O. The maximum Gasteiger partial charge on any atom is 0.247 e. The molecule has 0 saturated heterocycles. The monoisotopic (exact) mass is 295 g/mol. The van der Waals surface area contributed by atoms with Crippen molar-refractivity contribution < 1.29 is 4.79 Å². The summed E-state index contributed by atoms with van der Waals surface area (Å²) in [5.41, 5.74) is 6.96. The van der Waals surface area contributed by atoms with Crippen molar-refractivity contribution in [3.05, 3.63) is 47.7 Å². The number of benzene rings is 1. The Bertz CT molecular complexity index is 715. The van der Waals surface area contributed by atoms with E-state index < -0.39 is 0 Å². The molecule has 0 radical (unpaired) electrons. The molecule has 0 spiro atoms. The Morgan fingerprint density at radius 2 is 2.32 bits per heavy atom. The predicted octanol–water partition coefficient (Wildman–Crippen LogP) is 3.64. The Morgan fingerprint density at radius 3 is 3.09 bits per heavy atom. The third kappa shape index (κ3) is 2.69. The third-order valence-electron chi connectivity index (χ3n) is 4.19. The second-order valence-corrected chi connectivity index (χ2v) is 5.70. The number of aromatic nitrogens is 2. The van der Waals surface area contributed by atoms with E-state index in [4.69, 9.17) is 0 Å². The minimum Gasteiger partial charge on any atom is -0.323 e. The predicted molar refractivity (Wildman–Crippen MR) is 88.9 cm³/mol. The smallest absolute Gasteiger partial charge is 0.247 e. The minimum atomic E-state index is -0.182.